The minimum absolute atomic E-state index is 0.0788. The second-order valence-electron chi connectivity index (χ2n) is 5.40. The molecular weight excluding hydrogens is 214 g/mol. The van der Waals surface area contributed by atoms with E-state index in [-0.39, 0.29) is 5.92 Å². The Labute approximate surface area is 105 Å². The van der Waals surface area contributed by atoms with Crippen LogP contribution in [0, 0.1) is 11.8 Å². The second-order valence-corrected chi connectivity index (χ2v) is 5.40. The first-order valence-electron chi connectivity index (χ1n) is 7.05. The zero-order valence-corrected chi connectivity index (χ0v) is 11.5. The summed E-state index contributed by atoms with van der Waals surface area (Å²) in [4.78, 5) is 13.4. The summed E-state index contributed by atoms with van der Waals surface area (Å²) in [5.41, 5.74) is 0. The second kappa shape index (κ2) is 7.00. The Hall–Kier alpha value is -0.570. The lowest BCUT2D eigenvalue weighted by Gasteiger charge is -2.34. The summed E-state index contributed by atoms with van der Waals surface area (Å²) >= 11 is 0. The molecule has 0 amide bonds. The summed E-state index contributed by atoms with van der Waals surface area (Å²) in [5, 5.41) is 8.97. The molecule has 0 saturated heterocycles. The Balaban J connectivity index is 2.36. The molecule has 3 heteroatoms. The predicted octanol–water partition coefficient (Wildman–Crippen LogP) is 3.00. The third-order valence-electron chi connectivity index (χ3n) is 4.31. The van der Waals surface area contributed by atoms with Crippen molar-refractivity contribution in [2.45, 2.75) is 58.9 Å². The third-order valence-corrected chi connectivity index (χ3v) is 4.31. The molecule has 1 aliphatic carbocycles. The van der Waals surface area contributed by atoms with Gasteiger partial charge in [0.05, 0.1) is 5.92 Å². The van der Waals surface area contributed by atoms with Crippen molar-refractivity contribution in [1.82, 2.24) is 4.90 Å². The summed E-state index contributed by atoms with van der Waals surface area (Å²) in [6, 6.07) is 0.650. The van der Waals surface area contributed by atoms with E-state index in [4.69, 9.17) is 5.11 Å². The van der Waals surface area contributed by atoms with Gasteiger partial charge in [-0.3, -0.25) is 4.79 Å². The molecule has 0 spiro atoms. The molecule has 0 bridgehead atoms. The lowest BCUT2D eigenvalue weighted by molar-refractivity contribution is -0.143. The highest BCUT2D eigenvalue weighted by Crippen LogP contribution is 2.29. The summed E-state index contributed by atoms with van der Waals surface area (Å²) in [7, 11) is 0. The quantitative estimate of drug-likeness (QED) is 0.777. The van der Waals surface area contributed by atoms with Gasteiger partial charge < -0.3 is 10.0 Å². The van der Waals surface area contributed by atoms with Crippen LogP contribution in [0.1, 0.15) is 52.9 Å². The number of aliphatic carboxylic acids is 1. The molecule has 1 rings (SSSR count). The van der Waals surface area contributed by atoms with Crippen LogP contribution >= 0.6 is 0 Å². The van der Waals surface area contributed by atoms with E-state index < -0.39 is 5.97 Å². The van der Waals surface area contributed by atoms with Gasteiger partial charge in [0, 0.05) is 12.6 Å². The monoisotopic (exact) mass is 241 g/mol. The number of hydrogen-bond donors (Lipinski definition) is 1. The topological polar surface area (TPSA) is 40.5 Å². The molecule has 1 N–H and O–H groups in total. The summed E-state index contributed by atoms with van der Waals surface area (Å²) in [6.45, 7) is 8.99. The molecule has 100 valence electrons. The number of carboxylic acids is 1. The average Bonchev–Trinajstić information content (AvgIpc) is 2.35. The van der Waals surface area contributed by atoms with Crippen molar-refractivity contribution in [3.8, 4) is 0 Å². The molecule has 1 aliphatic rings. The summed E-state index contributed by atoms with van der Waals surface area (Å²) in [6.07, 6.45) is 5.11. The first-order valence-corrected chi connectivity index (χ1v) is 7.05. The zero-order chi connectivity index (χ0) is 12.8. The molecule has 0 aromatic carbocycles. The zero-order valence-electron chi connectivity index (χ0n) is 11.5. The maximum Gasteiger partial charge on any atom is 0.306 e. The van der Waals surface area contributed by atoms with Gasteiger partial charge in [-0.2, -0.15) is 0 Å². The Morgan fingerprint density at radius 3 is 2.29 bits per heavy atom. The van der Waals surface area contributed by atoms with Crippen molar-refractivity contribution in [2.75, 3.05) is 13.1 Å². The van der Waals surface area contributed by atoms with Gasteiger partial charge in [-0.15, -0.1) is 0 Å². The van der Waals surface area contributed by atoms with Crippen LogP contribution in [0.3, 0.4) is 0 Å². The van der Waals surface area contributed by atoms with E-state index in [0.717, 1.165) is 38.8 Å². The van der Waals surface area contributed by atoms with Crippen molar-refractivity contribution >= 4 is 5.97 Å². The molecule has 0 aliphatic heterocycles. The van der Waals surface area contributed by atoms with Gasteiger partial charge >= 0.3 is 5.97 Å². The highest BCUT2D eigenvalue weighted by atomic mass is 16.4. The van der Waals surface area contributed by atoms with E-state index in [1.165, 1.54) is 6.42 Å². The fourth-order valence-corrected chi connectivity index (χ4v) is 2.80. The minimum atomic E-state index is -0.599. The number of carboxylic acid groups (broad SMARTS) is 1. The number of hydrogen-bond acceptors (Lipinski definition) is 2. The first-order chi connectivity index (χ1) is 8.08. The summed E-state index contributed by atoms with van der Waals surface area (Å²) in [5.74, 6) is 0.0298. The number of nitrogens with zero attached hydrogens (tertiary/aromatic N) is 1. The third kappa shape index (κ3) is 4.30. The van der Waals surface area contributed by atoms with Crippen molar-refractivity contribution in [2.24, 2.45) is 11.8 Å². The molecule has 0 heterocycles. The fraction of sp³-hybridized carbons (Fsp3) is 0.929. The largest absolute Gasteiger partial charge is 0.481 e. The molecular formula is C14H27NO2. The van der Waals surface area contributed by atoms with Crippen molar-refractivity contribution in [3.05, 3.63) is 0 Å². The molecule has 3 nitrogen and oxygen atoms in total. The minimum Gasteiger partial charge on any atom is -0.481 e. The highest BCUT2D eigenvalue weighted by Gasteiger charge is 2.27. The van der Waals surface area contributed by atoms with E-state index in [0.29, 0.717) is 12.0 Å². The molecule has 0 aromatic heterocycles. The van der Waals surface area contributed by atoms with Gasteiger partial charge in [0.1, 0.15) is 0 Å². The van der Waals surface area contributed by atoms with Crippen LogP contribution in [-0.2, 0) is 4.79 Å². The van der Waals surface area contributed by atoms with Gasteiger partial charge in [-0.25, -0.2) is 0 Å². The fourth-order valence-electron chi connectivity index (χ4n) is 2.80. The number of carbonyl (C=O) groups is 1. The Morgan fingerprint density at radius 2 is 1.88 bits per heavy atom. The van der Waals surface area contributed by atoms with Crippen LogP contribution in [0.15, 0.2) is 0 Å². The van der Waals surface area contributed by atoms with Gasteiger partial charge in [-0.05, 0) is 51.5 Å². The van der Waals surface area contributed by atoms with Crippen LogP contribution in [0.4, 0.5) is 0 Å². The molecule has 0 aromatic rings. The van der Waals surface area contributed by atoms with Crippen LogP contribution < -0.4 is 0 Å². The highest BCUT2D eigenvalue weighted by molar-refractivity contribution is 5.69. The van der Waals surface area contributed by atoms with Gasteiger partial charge in [0.25, 0.3) is 0 Å². The lowest BCUT2D eigenvalue weighted by Crippen LogP contribution is -2.38. The lowest BCUT2D eigenvalue weighted by atomic mass is 9.81. The molecule has 0 radical (unpaired) electrons. The predicted molar refractivity (Wildman–Crippen MR) is 70.1 cm³/mol. The van der Waals surface area contributed by atoms with Crippen LogP contribution in [0.2, 0.25) is 0 Å². The van der Waals surface area contributed by atoms with Crippen LogP contribution in [0.5, 0.6) is 0 Å². The Morgan fingerprint density at radius 1 is 1.29 bits per heavy atom. The normalized spacial score (nSPS) is 27.1. The van der Waals surface area contributed by atoms with E-state index in [2.05, 4.69) is 25.7 Å². The van der Waals surface area contributed by atoms with Crippen molar-refractivity contribution in [3.63, 3.8) is 0 Å². The van der Waals surface area contributed by atoms with E-state index in [1.54, 1.807) is 0 Å². The van der Waals surface area contributed by atoms with Crippen molar-refractivity contribution in [1.29, 1.82) is 0 Å². The molecule has 1 atom stereocenters. The molecule has 17 heavy (non-hydrogen) atoms. The Bertz CT molecular complexity index is 234. The Kier molecular flexibility index (Phi) is 5.96. The molecule has 1 unspecified atom stereocenters. The van der Waals surface area contributed by atoms with Crippen molar-refractivity contribution < 1.29 is 9.90 Å². The molecule has 1 saturated carbocycles. The van der Waals surface area contributed by atoms with Gasteiger partial charge in [0.15, 0.2) is 0 Å². The SMILES string of the molecule is CCC(C)N(CC)C[C@H]1CC[C@H](C(=O)O)CC1. The smallest absolute Gasteiger partial charge is 0.306 e. The number of rotatable bonds is 6. The maximum atomic E-state index is 10.9. The maximum absolute atomic E-state index is 10.9. The molecule has 1 fully saturated rings. The summed E-state index contributed by atoms with van der Waals surface area (Å²) < 4.78 is 0. The van der Waals surface area contributed by atoms with E-state index in [9.17, 15) is 4.79 Å². The van der Waals surface area contributed by atoms with Gasteiger partial charge in [0.2, 0.25) is 0 Å². The van der Waals surface area contributed by atoms with Crippen LogP contribution in [-0.4, -0.2) is 35.1 Å². The average molecular weight is 241 g/mol. The van der Waals surface area contributed by atoms with E-state index >= 15 is 0 Å². The standard InChI is InChI=1S/C14H27NO2/c1-4-11(3)15(5-2)10-12-6-8-13(9-7-12)14(16)17/h11-13H,4-10H2,1-3H3,(H,16,17)/t11?,12-,13-. The van der Waals surface area contributed by atoms with E-state index in [1.807, 2.05) is 0 Å². The first kappa shape index (κ1) is 14.5. The van der Waals surface area contributed by atoms with Crippen LogP contribution in [0.25, 0.3) is 0 Å². The van der Waals surface area contributed by atoms with Gasteiger partial charge in [-0.1, -0.05) is 13.8 Å².